The Labute approximate surface area is 110 Å². The van der Waals surface area contributed by atoms with E-state index in [-0.39, 0.29) is 5.91 Å². The molecule has 1 saturated carbocycles. The zero-order valence-electron chi connectivity index (χ0n) is 10.0. The predicted molar refractivity (Wildman–Crippen MR) is 71.0 cm³/mol. The molecule has 1 aromatic heterocycles. The van der Waals surface area contributed by atoms with Gasteiger partial charge in [-0.25, -0.2) is 0 Å². The molecule has 0 radical (unpaired) electrons. The van der Waals surface area contributed by atoms with Crippen LogP contribution in [0.25, 0.3) is 0 Å². The van der Waals surface area contributed by atoms with Crippen LogP contribution in [-0.4, -0.2) is 35.5 Å². The van der Waals surface area contributed by atoms with Crippen molar-refractivity contribution in [2.75, 3.05) is 20.1 Å². The van der Waals surface area contributed by atoms with Gasteiger partial charge in [0.2, 0.25) is 0 Å². The van der Waals surface area contributed by atoms with Crippen LogP contribution < -0.4 is 5.73 Å². The number of rotatable bonds is 5. The number of aromatic nitrogens is 1. The van der Waals surface area contributed by atoms with E-state index < -0.39 is 0 Å². The van der Waals surface area contributed by atoms with Crippen molar-refractivity contribution in [3.8, 4) is 0 Å². The first kappa shape index (κ1) is 12.6. The Balaban J connectivity index is 2.12. The van der Waals surface area contributed by atoms with E-state index in [1.54, 1.807) is 4.90 Å². The fraction of sp³-hybridized carbons (Fsp3) is 0.583. The summed E-state index contributed by atoms with van der Waals surface area (Å²) in [5, 5.41) is 0. The van der Waals surface area contributed by atoms with Crippen molar-refractivity contribution in [3.63, 3.8) is 0 Å². The third-order valence-corrected chi connectivity index (χ3v) is 3.45. The molecular weight excluding hydrogens is 282 g/mol. The maximum absolute atomic E-state index is 12.3. The zero-order chi connectivity index (χ0) is 12.4. The summed E-state index contributed by atoms with van der Waals surface area (Å²) in [4.78, 5) is 14.0. The molecule has 0 atom stereocenters. The molecule has 1 fully saturated rings. The third kappa shape index (κ3) is 2.90. The van der Waals surface area contributed by atoms with Gasteiger partial charge in [-0.3, -0.25) is 4.79 Å². The van der Waals surface area contributed by atoms with Crippen molar-refractivity contribution in [2.45, 2.75) is 25.3 Å². The van der Waals surface area contributed by atoms with Crippen LogP contribution in [-0.2, 0) is 0 Å². The fourth-order valence-corrected chi connectivity index (χ4v) is 2.33. The molecule has 94 valence electrons. The van der Waals surface area contributed by atoms with Crippen LogP contribution in [0.2, 0.25) is 0 Å². The first-order valence-corrected chi connectivity index (χ1v) is 6.75. The number of hydrogen-bond acceptors (Lipinski definition) is 2. The van der Waals surface area contributed by atoms with Crippen LogP contribution in [0.1, 0.15) is 35.8 Å². The molecule has 5 heteroatoms. The molecule has 1 heterocycles. The summed E-state index contributed by atoms with van der Waals surface area (Å²) < 4.78 is 3.06. The van der Waals surface area contributed by atoms with Crippen LogP contribution in [0.5, 0.6) is 0 Å². The van der Waals surface area contributed by atoms with Gasteiger partial charge in [0.05, 0.1) is 0 Å². The van der Waals surface area contributed by atoms with Crippen LogP contribution >= 0.6 is 15.9 Å². The molecular formula is C12H18BrN3O. The highest BCUT2D eigenvalue weighted by Gasteiger charge is 2.28. The second-order valence-electron chi connectivity index (χ2n) is 4.55. The normalized spacial score (nSPS) is 15.0. The predicted octanol–water partition coefficient (Wildman–Crippen LogP) is 2.01. The van der Waals surface area contributed by atoms with Crippen LogP contribution in [0.4, 0.5) is 0 Å². The van der Waals surface area contributed by atoms with Gasteiger partial charge < -0.3 is 15.2 Å². The molecule has 0 aliphatic heterocycles. The molecule has 4 nitrogen and oxygen atoms in total. The van der Waals surface area contributed by atoms with Crippen LogP contribution in [0, 0.1) is 0 Å². The quantitative estimate of drug-likeness (QED) is 0.904. The Morgan fingerprint density at radius 3 is 2.94 bits per heavy atom. The van der Waals surface area contributed by atoms with Gasteiger partial charge >= 0.3 is 0 Å². The van der Waals surface area contributed by atoms with Crippen molar-refractivity contribution in [2.24, 2.45) is 5.73 Å². The highest BCUT2D eigenvalue weighted by atomic mass is 79.9. The van der Waals surface area contributed by atoms with E-state index in [1.807, 2.05) is 19.3 Å². The number of nitrogens with zero attached hydrogens (tertiary/aromatic N) is 2. The summed E-state index contributed by atoms with van der Waals surface area (Å²) in [5.74, 6) is 0.0797. The van der Waals surface area contributed by atoms with Gasteiger partial charge in [0.25, 0.3) is 5.91 Å². The first-order chi connectivity index (χ1) is 8.13. The third-order valence-electron chi connectivity index (χ3n) is 3.02. The van der Waals surface area contributed by atoms with E-state index in [0.717, 1.165) is 16.6 Å². The molecule has 0 bridgehead atoms. The SMILES string of the molecule is CN(CCCN)C(=O)c1cc(Br)cn1C1CC1. The highest BCUT2D eigenvalue weighted by molar-refractivity contribution is 9.10. The lowest BCUT2D eigenvalue weighted by Gasteiger charge is -2.17. The van der Waals surface area contributed by atoms with E-state index in [1.165, 1.54) is 12.8 Å². The minimum atomic E-state index is 0.0797. The molecule has 0 aromatic carbocycles. The van der Waals surface area contributed by atoms with E-state index in [2.05, 4.69) is 20.5 Å². The summed E-state index contributed by atoms with van der Waals surface area (Å²) >= 11 is 3.44. The maximum Gasteiger partial charge on any atom is 0.270 e. The van der Waals surface area contributed by atoms with Gasteiger partial charge in [-0.15, -0.1) is 0 Å². The number of amides is 1. The molecule has 0 unspecified atom stereocenters. The highest BCUT2D eigenvalue weighted by Crippen LogP contribution is 2.37. The zero-order valence-corrected chi connectivity index (χ0v) is 11.6. The largest absolute Gasteiger partial charge is 0.340 e. The van der Waals surface area contributed by atoms with Crippen molar-refractivity contribution in [3.05, 3.63) is 22.4 Å². The number of carbonyl (C=O) groups is 1. The minimum Gasteiger partial charge on any atom is -0.340 e. The van der Waals surface area contributed by atoms with Gasteiger partial charge in [-0.05, 0) is 47.8 Å². The monoisotopic (exact) mass is 299 g/mol. The number of carbonyl (C=O) groups excluding carboxylic acids is 1. The molecule has 0 saturated heterocycles. The second kappa shape index (κ2) is 5.23. The summed E-state index contributed by atoms with van der Waals surface area (Å²) in [5.41, 5.74) is 6.23. The Hall–Kier alpha value is -0.810. The van der Waals surface area contributed by atoms with Crippen molar-refractivity contribution >= 4 is 21.8 Å². The number of nitrogens with two attached hydrogens (primary N) is 1. The van der Waals surface area contributed by atoms with E-state index in [9.17, 15) is 4.79 Å². The fourth-order valence-electron chi connectivity index (χ4n) is 1.90. The smallest absolute Gasteiger partial charge is 0.270 e. The minimum absolute atomic E-state index is 0.0797. The summed E-state index contributed by atoms with van der Waals surface area (Å²) in [7, 11) is 1.83. The Morgan fingerprint density at radius 2 is 2.35 bits per heavy atom. The Kier molecular flexibility index (Phi) is 3.89. The molecule has 17 heavy (non-hydrogen) atoms. The topological polar surface area (TPSA) is 51.3 Å². The van der Waals surface area contributed by atoms with Gasteiger partial charge in [0.1, 0.15) is 5.69 Å². The van der Waals surface area contributed by atoms with Gasteiger partial charge in [0.15, 0.2) is 0 Å². The van der Waals surface area contributed by atoms with Crippen molar-refractivity contribution < 1.29 is 4.79 Å². The summed E-state index contributed by atoms with van der Waals surface area (Å²) in [6.45, 7) is 1.33. The lowest BCUT2D eigenvalue weighted by Crippen LogP contribution is -2.30. The molecule has 2 N–H and O–H groups in total. The van der Waals surface area contributed by atoms with E-state index in [4.69, 9.17) is 5.73 Å². The lowest BCUT2D eigenvalue weighted by atomic mass is 10.3. The van der Waals surface area contributed by atoms with Crippen molar-refractivity contribution in [1.82, 2.24) is 9.47 Å². The molecule has 2 rings (SSSR count). The molecule has 1 amide bonds. The molecule has 1 aliphatic rings. The van der Waals surface area contributed by atoms with Gasteiger partial charge in [-0.1, -0.05) is 0 Å². The average Bonchev–Trinajstić information content (AvgIpc) is 3.08. The lowest BCUT2D eigenvalue weighted by molar-refractivity contribution is 0.0783. The summed E-state index contributed by atoms with van der Waals surface area (Å²) in [6.07, 6.45) is 5.19. The molecule has 1 aliphatic carbocycles. The Bertz CT molecular complexity index is 412. The van der Waals surface area contributed by atoms with Gasteiger partial charge in [0, 0.05) is 30.3 Å². The van der Waals surface area contributed by atoms with Crippen LogP contribution in [0.3, 0.4) is 0 Å². The second-order valence-corrected chi connectivity index (χ2v) is 5.47. The van der Waals surface area contributed by atoms with Crippen molar-refractivity contribution in [1.29, 1.82) is 0 Å². The summed E-state index contributed by atoms with van der Waals surface area (Å²) in [6, 6.07) is 2.42. The molecule has 1 aromatic rings. The first-order valence-electron chi connectivity index (χ1n) is 5.96. The van der Waals surface area contributed by atoms with E-state index in [0.29, 0.717) is 19.1 Å². The van der Waals surface area contributed by atoms with Gasteiger partial charge in [-0.2, -0.15) is 0 Å². The van der Waals surface area contributed by atoms with E-state index >= 15 is 0 Å². The standard InChI is InChI=1S/C12H18BrN3O/c1-15(6-2-5-14)12(17)11-7-9(13)8-16(11)10-3-4-10/h7-8,10H,2-6,14H2,1H3. The average molecular weight is 300 g/mol. The maximum atomic E-state index is 12.3. The Morgan fingerprint density at radius 1 is 1.65 bits per heavy atom. The molecule has 0 spiro atoms. The number of halogens is 1. The van der Waals surface area contributed by atoms with Crippen LogP contribution in [0.15, 0.2) is 16.7 Å². The number of hydrogen-bond donors (Lipinski definition) is 1.